The Morgan fingerprint density at radius 3 is 2.10 bits per heavy atom. The number of carboxylic acids is 1. The summed E-state index contributed by atoms with van der Waals surface area (Å²) in [6.45, 7) is 23.9. The molecule has 13 heteroatoms. The molecule has 1 heterocycles. The number of ketones is 1. The number of sulfone groups is 1. The third kappa shape index (κ3) is 6.91. The Morgan fingerprint density at radius 2 is 1.50 bits per heavy atom. The molecular weight excluding hydrogens is 783 g/mol. The van der Waals surface area contributed by atoms with Crippen LogP contribution in [0.15, 0.2) is 11.1 Å². The van der Waals surface area contributed by atoms with E-state index in [1.54, 1.807) is 18.7 Å². The minimum Gasteiger partial charge on any atom is -0.481 e. The number of carbonyl (C=O) groups is 5. The number of nitrogens with one attached hydrogen (secondary N) is 2. The number of amides is 2. The number of Topliss-reactive ketones (excluding diaryl/α,β-unsaturated/α-hetero) is 1. The minimum absolute atomic E-state index is 0.00568. The van der Waals surface area contributed by atoms with Gasteiger partial charge >= 0.3 is 11.9 Å². The molecule has 1 aliphatic heterocycles. The van der Waals surface area contributed by atoms with Crippen molar-refractivity contribution >= 4 is 39.4 Å². The van der Waals surface area contributed by atoms with Crippen molar-refractivity contribution in [3.8, 4) is 0 Å². The third-order valence-corrected chi connectivity index (χ3v) is 20.3. The molecule has 1 saturated heterocycles. The van der Waals surface area contributed by atoms with E-state index in [4.69, 9.17) is 4.74 Å². The van der Waals surface area contributed by atoms with Crippen LogP contribution >= 0.6 is 0 Å². The second kappa shape index (κ2) is 14.6. The van der Waals surface area contributed by atoms with E-state index in [0.29, 0.717) is 24.7 Å². The number of fused-ring (bicyclic) bond motifs is 7. The minimum atomic E-state index is -3.09. The fourth-order valence-electron chi connectivity index (χ4n) is 14.8. The zero-order chi connectivity index (χ0) is 44.4. The zero-order valence-electron chi connectivity index (χ0n) is 38.2. The summed E-state index contributed by atoms with van der Waals surface area (Å²) >= 11 is 0. The molecule has 10 atom stereocenters. The van der Waals surface area contributed by atoms with Crippen LogP contribution in [0.5, 0.6) is 0 Å². The molecule has 5 saturated carbocycles. The number of allylic oxidation sites excluding steroid dienone is 1. The SMILES string of the molecule is CC(C)C1=C2[C@H]3CC[C@@H]4[C@@]5(C)CC[C@H](OC(=O)C6C[C@@H](C(=O)O)C6(C)C)C(C)(C)[C@@H]5CC[C@@]4(C)[C@]3(C)CC[C@@]2(NC(=O)C(C)(C)NC(=O)CN2CCS(=O)(=O)CC2)CC1=O. The molecule has 6 aliphatic carbocycles. The molecular formula is C47H73N3O9S. The first-order chi connectivity index (χ1) is 27.6. The maximum absolute atomic E-state index is 14.4. The summed E-state index contributed by atoms with van der Waals surface area (Å²) in [6, 6.07) is 0. The van der Waals surface area contributed by atoms with Crippen molar-refractivity contribution in [2.45, 2.75) is 158 Å². The van der Waals surface area contributed by atoms with E-state index >= 15 is 0 Å². The normalized spacial score (nSPS) is 40.6. The Balaban J connectivity index is 1.10. The summed E-state index contributed by atoms with van der Waals surface area (Å²) in [5.41, 5.74) is -1.18. The van der Waals surface area contributed by atoms with E-state index in [9.17, 15) is 37.5 Å². The molecule has 0 radical (unpaired) electrons. The summed E-state index contributed by atoms with van der Waals surface area (Å²) in [5, 5.41) is 16.0. The van der Waals surface area contributed by atoms with Gasteiger partial charge in [-0.3, -0.25) is 28.9 Å². The molecule has 60 heavy (non-hydrogen) atoms. The van der Waals surface area contributed by atoms with Gasteiger partial charge in [0.05, 0.1) is 35.4 Å². The zero-order valence-corrected chi connectivity index (χ0v) is 39.0. The predicted octanol–water partition coefficient (Wildman–Crippen LogP) is 6.12. The summed E-state index contributed by atoms with van der Waals surface area (Å²) in [5.74, 6) is -1.75. The molecule has 0 aromatic rings. The molecule has 0 bridgehead atoms. The lowest BCUT2D eigenvalue weighted by Crippen LogP contribution is -2.68. The molecule has 0 aromatic heterocycles. The van der Waals surface area contributed by atoms with Crippen LogP contribution in [-0.4, -0.2) is 96.3 Å². The molecule has 2 amide bonds. The van der Waals surface area contributed by atoms with Crippen molar-refractivity contribution in [3.63, 3.8) is 0 Å². The fraction of sp³-hybridized carbons (Fsp3) is 0.851. The van der Waals surface area contributed by atoms with Crippen molar-refractivity contribution < 1.29 is 42.2 Å². The Morgan fingerprint density at radius 1 is 0.850 bits per heavy atom. The predicted molar refractivity (Wildman–Crippen MR) is 228 cm³/mol. The summed E-state index contributed by atoms with van der Waals surface area (Å²) in [4.78, 5) is 69.1. The number of hydrogen-bond donors (Lipinski definition) is 3. The number of rotatable bonds is 9. The number of nitrogens with zero attached hydrogens (tertiary/aromatic N) is 1. The van der Waals surface area contributed by atoms with Gasteiger partial charge in [-0.05, 0) is 128 Å². The van der Waals surface area contributed by atoms with Gasteiger partial charge in [-0.1, -0.05) is 62.3 Å². The monoisotopic (exact) mass is 856 g/mol. The first-order valence-electron chi connectivity index (χ1n) is 22.8. The maximum atomic E-state index is 14.4. The maximum Gasteiger partial charge on any atom is 0.309 e. The van der Waals surface area contributed by atoms with Gasteiger partial charge in [-0.15, -0.1) is 0 Å². The Kier molecular flexibility index (Phi) is 11.0. The highest BCUT2D eigenvalue weighted by Crippen LogP contribution is 2.76. The van der Waals surface area contributed by atoms with Crippen molar-refractivity contribution in [1.29, 1.82) is 0 Å². The summed E-state index contributed by atoms with van der Waals surface area (Å²) < 4.78 is 30.3. The first-order valence-corrected chi connectivity index (χ1v) is 24.7. The van der Waals surface area contributed by atoms with Crippen LogP contribution in [0.2, 0.25) is 0 Å². The molecule has 0 aromatic carbocycles. The topological polar surface area (TPSA) is 176 Å². The molecule has 6 fully saturated rings. The van der Waals surface area contributed by atoms with Gasteiger partial charge in [-0.25, -0.2) is 8.42 Å². The van der Waals surface area contributed by atoms with Gasteiger partial charge in [0.2, 0.25) is 11.8 Å². The lowest BCUT2D eigenvalue weighted by atomic mass is 9.33. The van der Waals surface area contributed by atoms with Gasteiger partial charge < -0.3 is 20.5 Å². The van der Waals surface area contributed by atoms with Crippen LogP contribution in [0.4, 0.5) is 0 Å². The van der Waals surface area contributed by atoms with E-state index < -0.39 is 44.1 Å². The Labute approximate surface area is 358 Å². The summed E-state index contributed by atoms with van der Waals surface area (Å²) in [7, 11) is -3.09. The van der Waals surface area contributed by atoms with Crippen LogP contribution in [0.1, 0.15) is 140 Å². The lowest BCUT2D eigenvalue weighted by Gasteiger charge is -2.72. The molecule has 336 valence electrons. The summed E-state index contributed by atoms with van der Waals surface area (Å²) in [6.07, 6.45) is 7.47. The van der Waals surface area contributed by atoms with Gasteiger partial charge in [0.15, 0.2) is 15.6 Å². The lowest BCUT2D eigenvalue weighted by molar-refractivity contribution is -0.235. The van der Waals surface area contributed by atoms with Crippen molar-refractivity contribution in [3.05, 3.63) is 11.1 Å². The highest BCUT2D eigenvalue weighted by Gasteiger charge is 2.71. The van der Waals surface area contributed by atoms with E-state index in [2.05, 4.69) is 59.1 Å². The average Bonchev–Trinajstić information content (AvgIpc) is 3.41. The molecule has 7 aliphatic rings. The van der Waals surface area contributed by atoms with Crippen LogP contribution in [0.3, 0.4) is 0 Å². The second-order valence-corrected chi connectivity index (χ2v) is 25.4. The van der Waals surface area contributed by atoms with Gasteiger partial charge in [0.25, 0.3) is 0 Å². The number of esters is 1. The molecule has 0 spiro atoms. The molecule has 12 nitrogen and oxygen atoms in total. The van der Waals surface area contributed by atoms with Crippen molar-refractivity contribution in [1.82, 2.24) is 15.5 Å². The van der Waals surface area contributed by atoms with Crippen molar-refractivity contribution in [2.24, 2.45) is 62.6 Å². The van der Waals surface area contributed by atoms with Crippen LogP contribution in [-0.2, 0) is 38.5 Å². The van der Waals surface area contributed by atoms with Gasteiger partial charge in [0.1, 0.15) is 11.6 Å². The number of carbonyl (C=O) groups excluding carboxylic acids is 4. The number of carboxylic acid groups (broad SMARTS) is 1. The molecule has 3 N–H and O–H groups in total. The highest BCUT2D eigenvalue weighted by molar-refractivity contribution is 7.91. The standard InChI is InChI=1S/C47H73N3O9S/c1-27(2)36-31(51)25-47(49-40(56)43(7,8)48-35(52)26-50-20-22-60(57,58)23-21-50)19-18-45(10)28(37(36)47)12-13-33-44(9)16-15-34(42(5,6)32(44)14-17-46(33,45)11)59-39(55)30-24-29(38(53)54)41(30,3)4/h27-30,32-34H,12-26H2,1-11H3,(H,48,52)(H,49,56)(H,53,54)/t28-,29+,30?,32+,33-,34+,44+,45-,46-,47-/m1/s1. The number of ether oxygens (including phenoxy) is 1. The Hall–Kier alpha value is -2.80. The van der Waals surface area contributed by atoms with Gasteiger partial charge in [-0.2, -0.15) is 0 Å². The van der Waals surface area contributed by atoms with Crippen molar-refractivity contribution in [2.75, 3.05) is 31.1 Å². The van der Waals surface area contributed by atoms with E-state index in [1.165, 1.54) is 0 Å². The molecule has 7 rings (SSSR count). The largest absolute Gasteiger partial charge is 0.481 e. The van der Waals surface area contributed by atoms with Gasteiger partial charge in [0, 0.05) is 24.9 Å². The van der Waals surface area contributed by atoms with Crippen LogP contribution in [0.25, 0.3) is 0 Å². The number of hydrogen-bond acceptors (Lipinski definition) is 9. The van der Waals surface area contributed by atoms with E-state index in [0.717, 1.165) is 56.1 Å². The molecule has 1 unspecified atom stereocenters. The van der Waals surface area contributed by atoms with E-state index in [-0.39, 0.29) is 101 Å². The Bertz CT molecular complexity index is 1970. The quantitative estimate of drug-likeness (QED) is 0.229. The van der Waals surface area contributed by atoms with Crippen LogP contribution in [0, 0.1) is 62.6 Å². The number of aliphatic carboxylic acids is 1. The highest BCUT2D eigenvalue weighted by atomic mass is 32.2. The fourth-order valence-corrected chi connectivity index (χ4v) is 16.1. The smallest absolute Gasteiger partial charge is 0.309 e. The van der Waals surface area contributed by atoms with E-state index in [1.807, 2.05) is 13.8 Å². The van der Waals surface area contributed by atoms with Crippen LogP contribution < -0.4 is 10.6 Å². The second-order valence-electron chi connectivity index (χ2n) is 23.1. The third-order valence-electron chi connectivity index (χ3n) is 18.7. The first kappa shape index (κ1) is 45.2. The average molecular weight is 856 g/mol.